The van der Waals surface area contributed by atoms with E-state index in [0.717, 1.165) is 5.69 Å². The Bertz CT molecular complexity index is 671. The summed E-state index contributed by atoms with van der Waals surface area (Å²) >= 11 is 0. The molecule has 3 N–H and O–H groups in total. The molecule has 0 saturated carbocycles. The fourth-order valence-electron chi connectivity index (χ4n) is 1.40. The van der Waals surface area contributed by atoms with Gasteiger partial charge in [0, 0.05) is 17.6 Å². The van der Waals surface area contributed by atoms with Crippen LogP contribution in [0, 0.1) is 11.3 Å². The highest BCUT2D eigenvalue weighted by Crippen LogP contribution is 2.15. The topological polar surface area (TPSA) is 129 Å². The van der Waals surface area contributed by atoms with Gasteiger partial charge in [0.15, 0.2) is 0 Å². The van der Waals surface area contributed by atoms with Gasteiger partial charge in [0.2, 0.25) is 5.82 Å². The lowest BCUT2D eigenvalue weighted by Crippen LogP contribution is -2.10. The van der Waals surface area contributed by atoms with Gasteiger partial charge < -0.3 is 10.1 Å². The van der Waals surface area contributed by atoms with Crippen LogP contribution in [0.1, 0.15) is 5.82 Å². The van der Waals surface area contributed by atoms with E-state index in [1.54, 1.807) is 24.3 Å². The molecule has 0 atom stereocenters. The zero-order valence-electron chi connectivity index (χ0n) is 11.0. The molecule has 9 heteroatoms. The predicted octanol–water partition coefficient (Wildman–Crippen LogP) is 1.35. The number of allylic oxidation sites excluding steroid dienone is 1. The first-order valence-electron chi connectivity index (χ1n) is 5.78. The first-order chi connectivity index (χ1) is 10.2. The maximum Gasteiger partial charge on any atom is 0.411 e. The Hall–Kier alpha value is -3.41. The largest absolute Gasteiger partial charge is 0.453 e. The SMILES string of the molecule is COC(=O)Nc1ccc(NC=C(C#N)c2nn[nH]n2)cc1. The smallest absolute Gasteiger partial charge is 0.411 e. The fourth-order valence-corrected chi connectivity index (χ4v) is 1.40. The number of nitrogens with one attached hydrogen (secondary N) is 3. The van der Waals surface area contributed by atoms with Crippen molar-refractivity contribution in [3.63, 3.8) is 0 Å². The first kappa shape index (κ1) is 14.0. The zero-order chi connectivity index (χ0) is 15.1. The number of hydrogen-bond donors (Lipinski definition) is 3. The number of carbonyl (C=O) groups excluding carboxylic acids is 1. The van der Waals surface area contributed by atoms with E-state index in [0.29, 0.717) is 5.69 Å². The van der Waals surface area contributed by atoms with E-state index in [9.17, 15) is 4.79 Å². The van der Waals surface area contributed by atoms with Crippen LogP contribution >= 0.6 is 0 Å². The number of benzene rings is 1. The molecule has 0 aliphatic heterocycles. The Morgan fingerprint density at radius 3 is 2.67 bits per heavy atom. The maximum absolute atomic E-state index is 11.0. The third-order valence-corrected chi connectivity index (χ3v) is 2.41. The number of nitriles is 1. The van der Waals surface area contributed by atoms with Crippen LogP contribution < -0.4 is 10.6 Å². The Balaban J connectivity index is 2.03. The molecule has 1 aromatic heterocycles. The number of amides is 1. The molecule has 0 fully saturated rings. The minimum absolute atomic E-state index is 0.203. The number of anilines is 2. The number of methoxy groups -OCH3 is 1. The van der Waals surface area contributed by atoms with E-state index in [1.165, 1.54) is 13.3 Å². The summed E-state index contributed by atoms with van der Waals surface area (Å²) in [6.07, 6.45) is 0.924. The molecule has 1 amide bonds. The van der Waals surface area contributed by atoms with Gasteiger partial charge in [-0.1, -0.05) is 0 Å². The molecule has 0 aliphatic carbocycles. The Morgan fingerprint density at radius 2 is 2.10 bits per heavy atom. The van der Waals surface area contributed by atoms with Gasteiger partial charge in [-0.25, -0.2) is 4.79 Å². The normalized spacial score (nSPS) is 10.6. The number of ether oxygens (including phenoxy) is 1. The molecule has 0 aliphatic rings. The van der Waals surface area contributed by atoms with Gasteiger partial charge in [-0.3, -0.25) is 5.32 Å². The van der Waals surface area contributed by atoms with Gasteiger partial charge in [-0.15, -0.1) is 10.2 Å². The molecule has 1 aromatic carbocycles. The summed E-state index contributed by atoms with van der Waals surface area (Å²) in [4.78, 5) is 11.0. The van der Waals surface area contributed by atoms with Gasteiger partial charge in [-0.05, 0) is 29.5 Å². The second kappa shape index (κ2) is 6.67. The summed E-state index contributed by atoms with van der Waals surface area (Å²) in [5.41, 5.74) is 1.55. The monoisotopic (exact) mass is 285 g/mol. The number of aromatic amines is 1. The molecule has 0 saturated heterocycles. The quantitative estimate of drug-likeness (QED) is 0.723. The van der Waals surface area contributed by atoms with Gasteiger partial charge in [0.25, 0.3) is 0 Å². The van der Waals surface area contributed by atoms with Crippen molar-refractivity contribution in [1.29, 1.82) is 5.26 Å². The minimum atomic E-state index is -0.542. The van der Waals surface area contributed by atoms with Crippen LogP contribution in [0.5, 0.6) is 0 Å². The third-order valence-electron chi connectivity index (χ3n) is 2.41. The number of nitrogens with zero attached hydrogens (tertiary/aromatic N) is 4. The molecule has 1 heterocycles. The second-order valence-corrected chi connectivity index (χ2v) is 3.74. The molecular weight excluding hydrogens is 274 g/mol. The molecule has 9 nitrogen and oxygen atoms in total. The van der Waals surface area contributed by atoms with Crippen LogP contribution in [0.3, 0.4) is 0 Å². The van der Waals surface area contributed by atoms with Gasteiger partial charge in [-0.2, -0.15) is 10.5 Å². The lowest BCUT2D eigenvalue weighted by atomic mass is 10.2. The van der Waals surface area contributed by atoms with Crippen LogP contribution in [0.2, 0.25) is 0 Å². The molecule has 0 bridgehead atoms. The van der Waals surface area contributed by atoms with E-state index in [4.69, 9.17) is 5.26 Å². The van der Waals surface area contributed by atoms with E-state index in [-0.39, 0.29) is 11.4 Å². The molecule has 0 radical (unpaired) electrons. The summed E-state index contributed by atoms with van der Waals surface area (Å²) in [6, 6.07) is 8.79. The minimum Gasteiger partial charge on any atom is -0.453 e. The van der Waals surface area contributed by atoms with Crippen molar-refractivity contribution in [3.05, 3.63) is 36.3 Å². The van der Waals surface area contributed by atoms with Crippen LogP contribution in [0.15, 0.2) is 30.5 Å². The van der Waals surface area contributed by atoms with Gasteiger partial charge >= 0.3 is 6.09 Å². The lowest BCUT2D eigenvalue weighted by molar-refractivity contribution is 0.187. The highest BCUT2D eigenvalue weighted by atomic mass is 16.5. The number of rotatable bonds is 4. The Kier molecular flexibility index (Phi) is 4.45. The summed E-state index contributed by atoms with van der Waals surface area (Å²) < 4.78 is 4.49. The predicted molar refractivity (Wildman–Crippen MR) is 73.9 cm³/mol. The van der Waals surface area contributed by atoms with Crippen molar-refractivity contribution in [2.75, 3.05) is 17.7 Å². The first-order valence-corrected chi connectivity index (χ1v) is 5.78. The van der Waals surface area contributed by atoms with Crippen molar-refractivity contribution in [2.24, 2.45) is 0 Å². The van der Waals surface area contributed by atoms with Crippen molar-refractivity contribution in [3.8, 4) is 6.07 Å². The van der Waals surface area contributed by atoms with Crippen LogP contribution in [-0.2, 0) is 4.74 Å². The van der Waals surface area contributed by atoms with Crippen LogP contribution in [0.4, 0.5) is 16.2 Å². The highest BCUT2D eigenvalue weighted by Gasteiger charge is 2.05. The molecule has 106 valence electrons. The van der Waals surface area contributed by atoms with Crippen molar-refractivity contribution in [2.45, 2.75) is 0 Å². The van der Waals surface area contributed by atoms with E-state index in [2.05, 4.69) is 36.0 Å². The summed E-state index contributed by atoms with van der Waals surface area (Å²) in [5.74, 6) is 0.203. The number of carbonyl (C=O) groups is 1. The van der Waals surface area contributed by atoms with Crippen molar-refractivity contribution in [1.82, 2.24) is 20.6 Å². The number of aromatic nitrogens is 4. The average Bonchev–Trinajstić information content (AvgIpc) is 3.03. The van der Waals surface area contributed by atoms with Crippen LogP contribution in [0.25, 0.3) is 5.57 Å². The molecule has 2 rings (SSSR count). The molecule has 0 unspecified atom stereocenters. The highest BCUT2D eigenvalue weighted by molar-refractivity contribution is 5.84. The van der Waals surface area contributed by atoms with Crippen molar-refractivity contribution >= 4 is 23.0 Å². The van der Waals surface area contributed by atoms with Gasteiger partial charge in [0.05, 0.1) is 7.11 Å². The van der Waals surface area contributed by atoms with E-state index < -0.39 is 6.09 Å². The summed E-state index contributed by atoms with van der Waals surface area (Å²) in [6.45, 7) is 0. The second-order valence-electron chi connectivity index (χ2n) is 3.74. The van der Waals surface area contributed by atoms with Crippen molar-refractivity contribution < 1.29 is 9.53 Å². The third kappa shape index (κ3) is 3.77. The summed E-state index contributed by atoms with van der Waals surface area (Å²) in [7, 11) is 1.29. The van der Waals surface area contributed by atoms with Gasteiger partial charge in [0.1, 0.15) is 11.6 Å². The number of tetrazole rings is 1. The maximum atomic E-state index is 11.0. The van der Waals surface area contributed by atoms with E-state index >= 15 is 0 Å². The average molecular weight is 285 g/mol. The molecule has 0 spiro atoms. The Labute approximate surface area is 119 Å². The molecular formula is C12H11N7O2. The lowest BCUT2D eigenvalue weighted by Gasteiger charge is -2.05. The van der Waals surface area contributed by atoms with E-state index in [1.807, 2.05) is 6.07 Å². The molecule has 2 aromatic rings. The fraction of sp³-hybridized carbons (Fsp3) is 0.0833. The standard InChI is InChI=1S/C12H11N7O2/c1-21-12(20)15-10-4-2-9(3-5-10)14-7-8(6-13)11-16-18-19-17-11/h2-5,7,14H,1H3,(H,15,20)(H,16,17,18,19). The zero-order valence-corrected chi connectivity index (χ0v) is 11.0. The number of H-pyrrole nitrogens is 1. The number of hydrogen-bond acceptors (Lipinski definition) is 7. The molecule has 21 heavy (non-hydrogen) atoms. The Morgan fingerprint density at radius 1 is 1.38 bits per heavy atom. The summed E-state index contributed by atoms with van der Waals surface area (Å²) in [5, 5.41) is 27.6. The van der Waals surface area contributed by atoms with Crippen LogP contribution in [-0.4, -0.2) is 33.8 Å².